The van der Waals surface area contributed by atoms with Crippen LogP contribution < -0.4 is 21.1 Å². The van der Waals surface area contributed by atoms with E-state index in [1.165, 1.54) is 4.90 Å². The molecule has 108 valence electrons. The molecular formula is C14H19N3O3. The lowest BCUT2D eigenvalue weighted by atomic mass is 9.92. The van der Waals surface area contributed by atoms with Crippen molar-refractivity contribution >= 4 is 23.2 Å². The summed E-state index contributed by atoms with van der Waals surface area (Å²) >= 11 is 0. The van der Waals surface area contributed by atoms with Crippen molar-refractivity contribution in [1.82, 2.24) is 0 Å². The molecule has 6 nitrogen and oxygen atoms in total. The first kappa shape index (κ1) is 14.2. The van der Waals surface area contributed by atoms with Crippen LogP contribution in [0.4, 0.5) is 11.4 Å². The molecule has 0 atom stereocenters. The van der Waals surface area contributed by atoms with Gasteiger partial charge in [0.05, 0.1) is 5.69 Å². The number of primary amides is 1. The molecule has 1 aromatic rings. The minimum absolute atomic E-state index is 0.203. The molecule has 20 heavy (non-hydrogen) atoms. The van der Waals surface area contributed by atoms with Crippen LogP contribution in [-0.4, -0.2) is 24.0 Å². The van der Waals surface area contributed by atoms with Crippen molar-refractivity contribution in [3.05, 3.63) is 18.2 Å². The Hall–Kier alpha value is -2.24. The lowest BCUT2D eigenvalue weighted by Gasteiger charge is -2.41. The third kappa shape index (κ3) is 2.07. The Morgan fingerprint density at radius 1 is 1.35 bits per heavy atom. The number of ether oxygens (including phenoxy) is 1. The summed E-state index contributed by atoms with van der Waals surface area (Å²) in [5.41, 5.74) is 11.0. The predicted molar refractivity (Wildman–Crippen MR) is 76.3 cm³/mol. The van der Waals surface area contributed by atoms with Crippen LogP contribution in [0.15, 0.2) is 18.2 Å². The van der Waals surface area contributed by atoms with Gasteiger partial charge < -0.3 is 16.2 Å². The summed E-state index contributed by atoms with van der Waals surface area (Å²) < 4.78 is 5.90. The number of carbonyl (C=O) groups excluding carboxylic acids is 2. The van der Waals surface area contributed by atoms with Gasteiger partial charge in [0.2, 0.25) is 5.91 Å². The van der Waals surface area contributed by atoms with Gasteiger partial charge >= 0.3 is 0 Å². The highest BCUT2D eigenvalue weighted by Crippen LogP contribution is 2.43. The number of hydrogen-bond acceptors (Lipinski definition) is 4. The molecular weight excluding hydrogens is 258 g/mol. The second-order valence-corrected chi connectivity index (χ2v) is 4.86. The van der Waals surface area contributed by atoms with E-state index >= 15 is 0 Å². The van der Waals surface area contributed by atoms with E-state index in [0.717, 1.165) is 0 Å². The number of nitrogens with two attached hydrogens (primary N) is 2. The van der Waals surface area contributed by atoms with Crippen LogP contribution >= 0.6 is 0 Å². The molecule has 6 heteroatoms. The summed E-state index contributed by atoms with van der Waals surface area (Å²) in [5, 5.41) is 0. The molecule has 1 aliphatic rings. The van der Waals surface area contributed by atoms with Gasteiger partial charge in [-0.1, -0.05) is 19.9 Å². The third-order valence-electron chi connectivity index (χ3n) is 3.70. The SMILES string of the molecule is CCC1(CC)Oc2cccc(N)c2N(CC(N)=O)C1=O. The fourth-order valence-electron chi connectivity index (χ4n) is 2.52. The number of hydrogen-bond donors (Lipinski definition) is 2. The van der Waals surface area contributed by atoms with Gasteiger partial charge in [-0.2, -0.15) is 0 Å². The van der Waals surface area contributed by atoms with Crippen LogP contribution in [0.2, 0.25) is 0 Å². The summed E-state index contributed by atoms with van der Waals surface area (Å²) in [6.45, 7) is 3.55. The van der Waals surface area contributed by atoms with Gasteiger partial charge in [0, 0.05) is 0 Å². The van der Waals surface area contributed by atoms with Gasteiger partial charge in [-0.05, 0) is 25.0 Å². The molecule has 0 bridgehead atoms. The van der Waals surface area contributed by atoms with Crippen molar-refractivity contribution < 1.29 is 14.3 Å². The van der Waals surface area contributed by atoms with Crippen LogP contribution in [-0.2, 0) is 9.59 Å². The van der Waals surface area contributed by atoms with Crippen molar-refractivity contribution in [2.45, 2.75) is 32.3 Å². The van der Waals surface area contributed by atoms with Crippen LogP contribution in [0.3, 0.4) is 0 Å². The summed E-state index contributed by atoms with van der Waals surface area (Å²) in [5.74, 6) is -0.350. The third-order valence-corrected chi connectivity index (χ3v) is 3.70. The molecule has 1 aromatic carbocycles. The average Bonchev–Trinajstić information content (AvgIpc) is 2.41. The molecule has 2 rings (SSSR count). The maximum absolute atomic E-state index is 12.7. The summed E-state index contributed by atoms with van der Waals surface area (Å²) in [6.07, 6.45) is 1.01. The lowest BCUT2D eigenvalue weighted by Crippen LogP contribution is -2.57. The fourth-order valence-corrected chi connectivity index (χ4v) is 2.52. The second kappa shape index (κ2) is 5.03. The molecule has 2 amide bonds. The highest BCUT2D eigenvalue weighted by atomic mass is 16.5. The Balaban J connectivity index is 2.59. The van der Waals surface area contributed by atoms with E-state index in [1.54, 1.807) is 18.2 Å². The van der Waals surface area contributed by atoms with E-state index in [9.17, 15) is 9.59 Å². The summed E-state index contributed by atoms with van der Waals surface area (Å²) in [7, 11) is 0. The molecule has 0 aliphatic carbocycles. The molecule has 4 N–H and O–H groups in total. The van der Waals surface area contributed by atoms with E-state index in [1.807, 2.05) is 13.8 Å². The molecule has 1 heterocycles. The molecule has 0 spiro atoms. The molecule has 1 aliphatic heterocycles. The summed E-state index contributed by atoms with van der Waals surface area (Å²) in [4.78, 5) is 25.3. The van der Waals surface area contributed by atoms with Gasteiger partial charge in [-0.25, -0.2) is 0 Å². The van der Waals surface area contributed by atoms with Crippen LogP contribution in [0.25, 0.3) is 0 Å². The molecule has 0 saturated carbocycles. The smallest absolute Gasteiger partial charge is 0.271 e. The zero-order chi connectivity index (χ0) is 14.9. The molecule has 0 aromatic heterocycles. The van der Waals surface area contributed by atoms with Crippen LogP contribution in [0, 0.1) is 0 Å². The maximum atomic E-state index is 12.7. The quantitative estimate of drug-likeness (QED) is 0.803. The zero-order valence-corrected chi connectivity index (χ0v) is 11.7. The molecule has 0 saturated heterocycles. The van der Waals surface area contributed by atoms with Crippen molar-refractivity contribution in [2.24, 2.45) is 5.73 Å². The van der Waals surface area contributed by atoms with Crippen molar-refractivity contribution in [3.63, 3.8) is 0 Å². The number of fused-ring (bicyclic) bond motifs is 1. The van der Waals surface area contributed by atoms with E-state index < -0.39 is 11.5 Å². The van der Waals surface area contributed by atoms with Crippen LogP contribution in [0.5, 0.6) is 5.75 Å². The van der Waals surface area contributed by atoms with E-state index in [0.29, 0.717) is 30.0 Å². The van der Waals surface area contributed by atoms with Gasteiger partial charge in [0.25, 0.3) is 5.91 Å². The number of rotatable bonds is 4. The first-order valence-electron chi connectivity index (χ1n) is 6.63. The topological polar surface area (TPSA) is 98.7 Å². The molecule has 0 unspecified atom stereocenters. The number of nitrogens with zero attached hydrogens (tertiary/aromatic N) is 1. The minimum Gasteiger partial charge on any atom is -0.475 e. The predicted octanol–water partition coefficient (Wildman–Crippen LogP) is 1.04. The standard InChI is InChI=1S/C14H19N3O3/c1-3-14(4-2)13(19)17(8-11(16)18)12-9(15)6-5-7-10(12)20-14/h5-7H,3-4,8,15H2,1-2H3,(H2,16,18). The number of para-hydroxylation sites is 1. The lowest BCUT2D eigenvalue weighted by molar-refractivity contribution is -0.137. The number of amides is 2. The maximum Gasteiger partial charge on any atom is 0.271 e. The van der Waals surface area contributed by atoms with Gasteiger partial charge in [-0.15, -0.1) is 0 Å². The van der Waals surface area contributed by atoms with E-state index in [-0.39, 0.29) is 12.5 Å². The van der Waals surface area contributed by atoms with Crippen LogP contribution in [0.1, 0.15) is 26.7 Å². The number of anilines is 2. The van der Waals surface area contributed by atoms with Crippen molar-refractivity contribution in [3.8, 4) is 5.75 Å². The van der Waals surface area contributed by atoms with Gasteiger partial charge in [-0.3, -0.25) is 14.5 Å². The first-order valence-corrected chi connectivity index (χ1v) is 6.63. The molecule has 0 fully saturated rings. The zero-order valence-electron chi connectivity index (χ0n) is 11.7. The highest BCUT2D eigenvalue weighted by molar-refractivity contribution is 6.08. The van der Waals surface area contributed by atoms with Crippen molar-refractivity contribution in [2.75, 3.05) is 17.2 Å². The van der Waals surface area contributed by atoms with E-state index in [2.05, 4.69) is 0 Å². The Bertz CT molecular complexity index is 553. The Morgan fingerprint density at radius 2 is 2.00 bits per heavy atom. The average molecular weight is 277 g/mol. The fraction of sp³-hybridized carbons (Fsp3) is 0.429. The first-order chi connectivity index (χ1) is 9.45. The Morgan fingerprint density at radius 3 is 2.55 bits per heavy atom. The normalized spacial score (nSPS) is 16.5. The summed E-state index contributed by atoms with van der Waals surface area (Å²) in [6, 6.07) is 5.16. The van der Waals surface area contributed by atoms with Gasteiger partial charge in [0.1, 0.15) is 18.0 Å². The van der Waals surface area contributed by atoms with Gasteiger partial charge in [0.15, 0.2) is 5.60 Å². The highest BCUT2D eigenvalue weighted by Gasteiger charge is 2.46. The number of benzene rings is 1. The largest absolute Gasteiger partial charge is 0.475 e. The Labute approximate surface area is 117 Å². The number of carbonyl (C=O) groups is 2. The Kier molecular flexibility index (Phi) is 3.57. The van der Waals surface area contributed by atoms with Crippen molar-refractivity contribution in [1.29, 1.82) is 0 Å². The second-order valence-electron chi connectivity index (χ2n) is 4.86. The monoisotopic (exact) mass is 277 g/mol. The number of nitrogen functional groups attached to an aromatic ring is 1. The van der Waals surface area contributed by atoms with E-state index in [4.69, 9.17) is 16.2 Å². The minimum atomic E-state index is -0.962. The molecule has 0 radical (unpaired) electrons.